The summed E-state index contributed by atoms with van der Waals surface area (Å²) in [5.74, 6) is -0.411. The summed E-state index contributed by atoms with van der Waals surface area (Å²) < 4.78 is 9.88. The van der Waals surface area contributed by atoms with Crippen molar-refractivity contribution in [2.45, 2.75) is 51.7 Å². The maximum Gasteiger partial charge on any atom is 0.323 e. The molecule has 0 aromatic carbocycles. The van der Waals surface area contributed by atoms with E-state index in [0.717, 1.165) is 25.8 Å². The monoisotopic (exact) mass is 257 g/mol. The first-order chi connectivity index (χ1) is 8.54. The number of esters is 2. The Labute approximate surface area is 108 Å². The highest BCUT2D eigenvalue weighted by Crippen LogP contribution is 2.18. The van der Waals surface area contributed by atoms with Gasteiger partial charge in [0.1, 0.15) is 6.04 Å². The molecule has 0 spiro atoms. The quantitative estimate of drug-likeness (QED) is 0.696. The van der Waals surface area contributed by atoms with Crippen LogP contribution in [0.1, 0.15) is 39.5 Å². The highest BCUT2D eigenvalue weighted by Gasteiger charge is 2.29. The van der Waals surface area contributed by atoms with Crippen LogP contribution in [0.5, 0.6) is 0 Å². The zero-order chi connectivity index (χ0) is 13.5. The van der Waals surface area contributed by atoms with E-state index in [9.17, 15) is 9.59 Å². The SMILES string of the molecule is COC(=O)[C@@H]1CCCCN1CCC(=O)OC(C)C. The van der Waals surface area contributed by atoms with E-state index in [-0.39, 0.29) is 24.1 Å². The van der Waals surface area contributed by atoms with Gasteiger partial charge in [-0.25, -0.2) is 0 Å². The molecule has 5 heteroatoms. The lowest BCUT2D eigenvalue weighted by Crippen LogP contribution is -2.46. The fourth-order valence-corrected chi connectivity index (χ4v) is 2.22. The van der Waals surface area contributed by atoms with Gasteiger partial charge in [-0.3, -0.25) is 14.5 Å². The summed E-state index contributed by atoms with van der Waals surface area (Å²) in [7, 11) is 1.40. The highest BCUT2D eigenvalue weighted by atomic mass is 16.5. The first kappa shape index (κ1) is 15.0. The summed E-state index contributed by atoms with van der Waals surface area (Å²) >= 11 is 0. The van der Waals surface area contributed by atoms with Gasteiger partial charge in [0.05, 0.1) is 19.6 Å². The van der Waals surface area contributed by atoms with Gasteiger partial charge in [-0.1, -0.05) is 6.42 Å². The molecular formula is C13H23NO4. The molecule has 0 bridgehead atoms. The summed E-state index contributed by atoms with van der Waals surface area (Å²) in [6.07, 6.45) is 3.15. The molecule has 0 radical (unpaired) electrons. The minimum atomic E-state index is -0.209. The Morgan fingerprint density at radius 3 is 2.67 bits per heavy atom. The third-order valence-corrected chi connectivity index (χ3v) is 3.06. The number of methoxy groups -OCH3 is 1. The number of carbonyl (C=O) groups excluding carboxylic acids is 2. The molecule has 0 aromatic rings. The van der Waals surface area contributed by atoms with Gasteiger partial charge in [0, 0.05) is 6.54 Å². The molecule has 0 unspecified atom stereocenters. The zero-order valence-corrected chi connectivity index (χ0v) is 11.5. The van der Waals surface area contributed by atoms with Crippen molar-refractivity contribution in [1.82, 2.24) is 4.90 Å². The average molecular weight is 257 g/mol. The number of ether oxygens (including phenoxy) is 2. The van der Waals surface area contributed by atoms with Crippen LogP contribution < -0.4 is 0 Å². The van der Waals surface area contributed by atoms with Gasteiger partial charge in [0.2, 0.25) is 0 Å². The number of hydrogen-bond donors (Lipinski definition) is 0. The second-order valence-electron chi connectivity index (χ2n) is 4.86. The van der Waals surface area contributed by atoms with Crippen molar-refractivity contribution < 1.29 is 19.1 Å². The normalized spacial score (nSPS) is 20.8. The van der Waals surface area contributed by atoms with E-state index in [1.54, 1.807) is 0 Å². The number of nitrogens with zero attached hydrogens (tertiary/aromatic N) is 1. The molecule has 1 heterocycles. The molecule has 0 saturated carbocycles. The highest BCUT2D eigenvalue weighted by molar-refractivity contribution is 5.76. The molecule has 1 aliphatic rings. The summed E-state index contributed by atoms with van der Waals surface area (Å²) in [5.41, 5.74) is 0. The largest absolute Gasteiger partial charge is 0.468 e. The molecular weight excluding hydrogens is 234 g/mol. The van der Waals surface area contributed by atoms with Gasteiger partial charge >= 0.3 is 11.9 Å². The van der Waals surface area contributed by atoms with E-state index < -0.39 is 0 Å². The molecule has 0 aliphatic carbocycles. The maximum atomic E-state index is 11.6. The molecule has 1 aliphatic heterocycles. The second-order valence-corrected chi connectivity index (χ2v) is 4.86. The Balaban J connectivity index is 2.42. The average Bonchev–Trinajstić information content (AvgIpc) is 2.35. The first-order valence-corrected chi connectivity index (χ1v) is 6.56. The lowest BCUT2D eigenvalue weighted by atomic mass is 10.0. The second kappa shape index (κ2) is 7.36. The van der Waals surface area contributed by atoms with Gasteiger partial charge in [0.25, 0.3) is 0 Å². The Bertz CT molecular complexity index is 291. The van der Waals surface area contributed by atoms with Crippen molar-refractivity contribution in [3.63, 3.8) is 0 Å². The van der Waals surface area contributed by atoms with Crippen molar-refractivity contribution in [3.05, 3.63) is 0 Å². The fourth-order valence-electron chi connectivity index (χ4n) is 2.22. The minimum Gasteiger partial charge on any atom is -0.468 e. The summed E-state index contributed by atoms with van der Waals surface area (Å²) in [4.78, 5) is 25.1. The number of hydrogen-bond acceptors (Lipinski definition) is 5. The molecule has 1 atom stereocenters. The van der Waals surface area contributed by atoms with Crippen LogP contribution in [0.25, 0.3) is 0 Å². The predicted molar refractivity (Wildman–Crippen MR) is 67.1 cm³/mol. The Hall–Kier alpha value is -1.10. The van der Waals surface area contributed by atoms with Gasteiger partial charge in [-0.05, 0) is 33.2 Å². The zero-order valence-electron chi connectivity index (χ0n) is 11.5. The molecule has 0 amide bonds. The van der Waals surface area contributed by atoms with E-state index in [0.29, 0.717) is 13.0 Å². The predicted octanol–water partition coefficient (Wildman–Crippen LogP) is 1.36. The van der Waals surface area contributed by atoms with Crippen LogP contribution in [-0.2, 0) is 19.1 Å². The Morgan fingerprint density at radius 1 is 1.33 bits per heavy atom. The molecule has 0 N–H and O–H groups in total. The number of carbonyl (C=O) groups is 2. The Morgan fingerprint density at radius 2 is 2.06 bits per heavy atom. The van der Waals surface area contributed by atoms with Crippen molar-refractivity contribution in [2.24, 2.45) is 0 Å². The van der Waals surface area contributed by atoms with E-state index in [1.165, 1.54) is 7.11 Å². The lowest BCUT2D eigenvalue weighted by molar-refractivity contribution is -0.152. The summed E-state index contributed by atoms with van der Waals surface area (Å²) in [6, 6.07) is -0.199. The van der Waals surface area contributed by atoms with Crippen LogP contribution in [0.3, 0.4) is 0 Å². The molecule has 18 heavy (non-hydrogen) atoms. The van der Waals surface area contributed by atoms with Crippen molar-refractivity contribution in [3.8, 4) is 0 Å². The lowest BCUT2D eigenvalue weighted by Gasteiger charge is -2.33. The third-order valence-electron chi connectivity index (χ3n) is 3.06. The summed E-state index contributed by atoms with van der Waals surface area (Å²) in [6.45, 7) is 5.06. The molecule has 1 rings (SSSR count). The molecule has 1 saturated heterocycles. The van der Waals surface area contributed by atoms with Crippen LogP contribution in [-0.4, -0.2) is 49.2 Å². The van der Waals surface area contributed by atoms with E-state index in [2.05, 4.69) is 0 Å². The third kappa shape index (κ3) is 4.64. The first-order valence-electron chi connectivity index (χ1n) is 6.56. The van der Waals surface area contributed by atoms with Crippen molar-refractivity contribution in [1.29, 1.82) is 0 Å². The topological polar surface area (TPSA) is 55.8 Å². The van der Waals surface area contributed by atoms with Crippen LogP contribution >= 0.6 is 0 Å². The van der Waals surface area contributed by atoms with E-state index in [1.807, 2.05) is 18.7 Å². The molecule has 1 fully saturated rings. The minimum absolute atomic E-state index is 0.0877. The molecule has 0 aromatic heterocycles. The van der Waals surface area contributed by atoms with E-state index in [4.69, 9.17) is 9.47 Å². The van der Waals surface area contributed by atoms with Gasteiger partial charge in [-0.2, -0.15) is 0 Å². The van der Waals surface area contributed by atoms with Gasteiger partial charge in [0.15, 0.2) is 0 Å². The van der Waals surface area contributed by atoms with Gasteiger partial charge < -0.3 is 9.47 Å². The number of likely N-dealkylation sites (tertiary alicyclic amines) is 1. The molecule has 5 nitrogen and oxygen atoms in total. The van der Waals surface area contributed by atoms with Crippen molar-refractivity contribution in [2.75, 3.05) is 20.2 Å². The number of rotatable bonds is 5. The van der Waals surface area contributed by atoms with Crippen LogP contribution in [0.15, 0.2) is 0 Å². The summed E-state index contributed by atoms with van der Waals surface area (Å²) in [5, 5.41) is 0. The van der Waals surface area contributed by atoms with Gasteiger partial charge in [-0.15, -0.1) is 0 Å². The number of piperidine rings is 1. The van der Waals surface area contributed by atoms with Crippen molar-refractivity contribution >= 4 is 11.9 Å². The van der Waals surface area contributed by atoms with Crippen LogP contribution in [0, 0.1) is 0 Å². The molecule has 104 valence electrons. The Kier molecular flexibility index (Phi) is 6.12. The fraction of sp³-hybridized carbons (Fsp3) is 0.846. The standard InChI is InChI=1S/C13H23NO4/c1-10(2)18-12(15)7-9-14-8-5-4-6-11(14)13(16)17-3/h10-11H,4-9H2,1-3H3/t11-/m0/s1. The van der Waals surface area contributed by atoms with Crippen LogP contribution in [0.2, 0.25) is 0 Å². The van der Waals surface area contributed by atoms with Crippen LogP contribution in [0.4, 0.5) is 0 Å². The smallest absolute Gasteiger partial charge is 0.323 e. The maximum absolute atomic E-state index is 11.6. The van der Waals surface area contributed by atoms with E-state index >= 15 is 0 Å².